The summed E-state index contributed by atoms with van der Waals surface area (Å²) in [5.41, 5.74) is 2.27. The fourth-order valence-corrected chi connectivity index (χ4v) is 4.91. The highest BCUT2D eigenvalue weighted by atomic mass is 32.2. The molecule has 1 heterocycles. The first-order valence-electron chi connectivity index (χ1n) is 8.53. The molecule has 0 saturated heterocycles. The maximum absolute atomic E-state index is 12.5. The second kappa shape index (κ2) is 7.66. The first kappa shape index (κ1) is 19.3. The van der Waals surface area contributed by atoms with E-state index in [0.29, 0.717) is 22.8 Å². The third-order valence-electron chi connectivity index (χ3n) is 3.84. The zero-order chi connectivity index (χ0) is 19.6. The molecule has 0 unspecified atom stereocenters. The van der Waals surface area contributed by atoms with Gasteiger partial charge in [0.25, 0.3) is 10.0 Å². The Bertz CT molecular complexity index is 1070. The van der Waals surface area contributed by atoms with Crippen LogP contribution in [0.2, 0.25) is 0 Å². The molecule has 0 radical (unpaired) electrons. The Kier molecular flexibility index (Phi) is 5.48. The average molecular weight is 404 g/mol. The molecule has 6 nitrogen and oxygen atoms in total. The molecule has 142 valence electrons. The van der Waals surface area contributed by atoms with Crippen LogP contribution in [0.15, 0.2) is 47.4 Å². The van der Waals surface area contributed by atoms with Gasteiger partial charge in [-0.3, -0.25) is 9.52 Å². The van der Waals surface area contributed by atoms with E-state index in [1.54, 1.807) is 18.2 Å². The molecule has 27 heavy (non-hydrogen) atoms. The summed E-state index contributed by atoms with van der Waals surface area (Å²) in [6.45, 7) is 5.86. The van der Waals surface area contributed by atoms with E-state index in [1.165, 1.54) is 23.5 Å². The highest BCUT2D eigenvalue weighted by Crippen LogP contribution is 2.32. The van der Waals surface area contributed by atoms with Gasteiger partial charge in [-0.15, -0.1) is 0 Å². The maximum Gasteiger partial charge on any atom is 0.263 e. The molecule has 1 aromatic heterocycles. The van der Waals surface area contributed by atoms with Crippen LogP contribution in [0.25, 0.3) is 10.2 Å². The van der Waals surface area contributed by atoms with Crippen LogP contribution in [-0.4, -0.2) is 19.3 Å². The maximum atomic E-state index is 12.5. The highest BCUT2D eigenvalue weighted by molar-refractivity contribution is 7.93. The van der Waals surface area contributed by atoms with Crippen molar-refractivity contribution in [2.45, 2.75) is 32.1 Å². The van der Waals surface area contributed by atoms with Gasteiger partial charge in [-0.2, -0.15) is 0 Å². The lowest BCUT2D eigenvalue weighted by atomic mass is 10.1. The minimum atomic E-state index is -3.69. The van der Waals surface area contributed by atoms with Crippen LogP contribution < -0.4 is 10.0 Å². The number of sulfonamides is 1. The smallest absolute Gasteiger partial charge is 0.263 e. The molecule has 2 N–H and O–H groups in total. The SMILES string of the molecule is Cc1cc(NC(=O)CC(C)C)cc2sc(NS(=O)(=O)c3ccccc3)nc12. The molecule has 0 spiro atoms. The Morgan fingerprint density at radius 2 is 1.89 bits per heavy atom. The summed E-state index contributed by atoms with van der Waals surface area (Å²) in [5.74, 6) is 0.232. The minimum absolute atomic E-state index is 0.0433. The Balaban J connectivity index is 1.87. The van der Waals surface area contributed by atoms with E-state index in [1.807, 2.05) is 32.9 Å². The molecule has 8 heteroatoms. The summed E-state index contributed by atoms with van der Waals surface area (Å²) in [5, 5.41) is 3.18. The van der Waals surface area contributed by atoms with Gasteiger partial charge in [0, 0.05) is 12.1 Å². The molecular formula is C19H21N3O3S2. The molecule has 0 atom stereocenters. The average Bonchev–Trinajstić information content (AvgIpc) is 2.97. The molecule has 3 rings (SSSR count). The number of fused-ring (bicyclic) bond motifs is 1. The van der Waals surface area contributed by atoms with E-state index < -0.39 is 10.0 Å². The third-order valence-corrected chi connectivity index (χ3v) is 6.24. The molecule has 0 aliphatic heterocycles. The molecule has 3 aromatic rings. The molecule has 1 amide bonds. The number of carbonyl (C=O) groups is 1. The zero-order valence-corrected chi connectivity index (χ0v) is 16.9. The van der Waals surface area contributed by atoms with Crippen LogP contribution in [0.1, 0.15) is 25.8 Å². The molecule has 0 saturated carbocycles. The summed E-state index contributed by atoms with van der Waals surface area (Å²) in [4.78, 5) is 16.6. The van der Waals surface area contributed by atoms with Crippen molar-refractivity contribution < 1.29 is 13.2 Å². The summed E-state index contributed by atoms with van der Waals surface area (Å²) in [6, 6.07) is 11.8. The van der Waals surface area contributed by atoms with E-state index in [2.05, 4.69) is 15.0 Å². The molecule has 0 fully saturated rings. The lowest BCUT2D eigenvalue weighted by Crippen LogP contribution is -2.13. The Labute approximate surface area is 162 Å². The van der Waals surface area contributed by atoms with Crippen LogP contribution >= 0.6 is 11.3 Å². The summed E-state index contributed by atoms with van der Waals surface area (Å²) < 4.78 is 28.3. The highest BCUT2D eigenvalue weighted by Gasteiger charge is 2.17. The van der Waals surface area contributed by atoms with Gasteiger partial charge in [0.15, 0.2) is 5.13 Å². The second-order valence-corrected chi connectivity index (χ2v) is 9.44. The van der Waals surface area contributed by atoms with Crippen molar-refractivity contribution in [2.24, 2.45) is 5.92 Å². The van der Waals surface area contributed by atoms with Crippen molar-refractivity contribution in [3.05, 3.63) is 48.0 Å². The number of carbonyl (C=O) groups excluding carboxylic acids is 1. The number of anilines is 2. The van der Waals surface area contributed by atoms with Gasteiger partial charge in [-0.05, 0) is 42.7 Å². The van der Waals surface area contributed by atoms with Crippen molar-refractivity contribution in [3.8, 4) is 0 Å². The van der Waals surface area contributed by atoms with E-state index >= 15 is 0 Å². The molecule has 0 aliphatic rings. The van der Waals surface area contributed by atoms with Gasteiger partial charge in [0.1, 0.15) is 0 Å². The van der Waals surface area contributed by atoms with Crippen LogP contribution in [0, 0.1) is 12.8 Å². The number of nitrogens with one attached hydrogen (secondary N) is 2. The molecule has 0 bridgehead atoms. The number of thiazole rings is 1. The van der Waals surface area contributed by atoms with Crippen molar-refractivity contribution in [3.63, 3.8) is 0 Å². The van der Waals surface area contributed by atoms with Crippen LogP contribution in [0.4, 0.5) is 10.8 Å². The Morgan fingerprint density at radius 1 is 1.19 bits per heavy atom. The van der Waals surface area contributed by atoms with Crippen molar-refractivity contribution in [2.75, 3.05) is 10.0 Å². The number of rotatable bonds is 6. The summed E-state index contributed by atoms with van der Waals surface area (Å²) >= 11 is 1.24. The van der Waals surface area contributed by atoms with E-state index in [4.69, 9.17) is 0 Å². The number of aryl methyl sites for hydroxylation is 1. The van der Waals surface area contributed by atoms with Crippen LogP contribution in [0.5, 0.6) is 0 Å². The summed E-state index contributed by atoms with van der Waals surface area (Å²) in [6.07, 6.45) is 0.446. The monoisotopic (exact) mass is 403 g/mol. The molecule has 0 aliphatic carbocycles. The minimum Gasteiger partial charge on any atom is -0.326 e. The number of nitrogens with zero attached hydrogens (tertiary/aromatic N) is 1. The lowest BCUT2D eigenvalue weighted by molar-refractivity contribution is -0.116. The third kappa shape index (κ3) is 4.64. The predicted molar refractivity (Wildman–Crippen MR) is 110 cm³/mol. The fourth-order valence-electron chi connectivity index (χ4n) is 2.67. The summed E-state index contributed by atoms with van der Waals surface area (Å²) in [7, 11) is -3.69. The van der Waals surface area contributed by atoms with Gasteiger partial charge in [0.05, 0.1) is 15.1 Å². The molecule has 2 aromatic carbocycles. The van der Waals surface area contributed by atoms with Crippen LogP contribution in [-0.2, 0) is 14.8 Å². The quantitative estimate of drug-likeness (QED) is 0.639. The largest absolute Gasteiger partial charge is 0.326 e. The zero-order valence-electron chi connectivity index (χ0n) is 15.3. The fraction of sp³-hybridized carbons (Fsp3) is 0.263. The molecular weight excluding hydrogens is 382 g/mol. The van der Waals surface area contributed by atoms with Crippen molar-refractivity contribution in [1.82, 2.24) is 4.98 Å². The second-order valence-electron chi connectivity index (χ2n) is 6.72. The van der Waals surface area contributed by atoms with Gasteiger partial charge in [-0.1, -0.05) is 43.4 Å². The first-order chi connectivity index (χ1) is 12.7. The lowest BCUT2D eigenvalue weighted by Gasteiger charge is -2.08. The van der Waals surface area contributed by atoms with E-state index in [9.17, 15) is 13.2 Å². The number of benzene rings is 2. The first-order valence-corrected chi connectivity index (χ1v) is 10.8. The predicted octanol–water partition coefficient (Wildman–Crippen LogP) is 4.39. The Morgan fingerprint density at radius 3 is 2.56 bits per heavy atom. The Hall–Kier alpha value is -2.45. The topological polar surface area (TPSA) is 88.2 Å². The van der Waals surface area contributed by atoms with Crippen LogP contribution in [0.3, 0.4) is 0 Å². The number of aromatic nitrogens is 1. The van der Waals surface area contributed by atoms with Gasteiger partial charge in [-0.25, -0.2) is 13.4 Å². The number of hydrogen-bond acceptors (Lipinski definition) is 5. The number of hydrogen-bond donors (Lipinski definition) is 2. The van der Waals surface area contributed by atoms with Gasteiger partial charge in [0.2, 0.25) is 5.91 Å². The standard InChI is InChI=1S/C19H21N3O3S2/c1-12(2)9-17(23)20-14-10-13(3)18-16(11-14)26-19(21-18)22-27(24,25)15-7-5-4-6-8-15/h4-8,10-12H,9H2,1-3H3,(H,20,23)(H,21,22). The number of amides is 1. The van der Waals surface area contributed by atoms with Gasteiger partial charge < -0.3 is 5.32 Å². The van der Waals surface area contributed by atoms with Crippen molar-refractivity contribution in [1.29, 1.82) is 0 Å². The van der Waals surface area contributed by atoms with E-state index in [0.717, 1.165) is 10.3 Å². The van der Waals surface area contributed by atoms with E-state index in [-0.39, 0.29) is 16.7 Å². The van der Waals surface area contributed by atoms with Crippen molar-refractivity contribution >= 4 is 48.3 Å². The normalized spacial score (nSPS) is 11.7. The van der Waals surface area contributed by atoms with Gasteiger partial charge >= 0.3 is 0 Å².